The van der Waals surface area contributed by atoms with E-state index < -0.39 is 0 Å². The van der Waals surface area contributed by atoms with Gasteiger partial charge >= 0.3 is 0 Å². The molecule has 2 aromatic rings. The van der Waals surface area contributed by atoms with Crippen LogP contribution in [0.3, 0.4) is 0 Å². The predicted molar refractivity (Wildman–Crippen MR) is 69.1 cm³/mol. The number of ketones is 1. The minimum absolute atomic E-state index is 0.212. The van der Waals surface area contributed by atoms with Gasteiger partial charge in [0, 0.05) is 23.5 Å². The molecule has 86 valence electrons. The third-order valence-electron chi connectivity index (χ3n) is 2.20. The van der Waals surface area contributed by atoms with E-state index in [0.717, 1.165) is 0 Å². The second kappa shape index (κ2) is 5.05. The van der Waals surface area contributed by atoms with Gasteiger partial charge in [-0.05, 0) is 24.3 Å². The SMILES string of the molecule is O=C(c1ccncc1)c1cc(Cl)c(Cl)cc1Cl. The summed E-state index contributed by atoms with van der Waals surface area (Å²) in [6.45, 7) is 0. The molecule has 0 amide bonds. The highest BCUT2D eigenvalue weighted by molar-refractivity contribution is 6.44. The molecule has 1 aromatic heterocycles. The lowest BCUT2D eigenvalue weighted by Gasteiger charge is -2.05. The van der Waals surface area contributed by atoms with Crippen molar-refractivity contribution in [2.24, 2.45) is 0 Å². The van der Waals surface area contributed by atoms with E-state index in [-0.39, 0.29) is 10.8 Å². The number of nitrogens with zero attached hydrogens (tertiary/aromatic N) is 1. The second-order valence-electron chi connectivity index (χ2n) is 3.31. The number of aromatic nitrogens is 1. The van der Waals surface area contributed by atoms with Crippen molar-refractivity contribution in [1.29, 1.82) is 0 Å². The van der Waals surface area contributed by atoms with E-state index in [1.54, 1.807) is 24.5 Å². The fraction of sp³-hybridized carbons (Fsp3) is 0. The van der Waals surface area contributed by atoms with Gasteiger partial charge in [-0.3, -0.25) is 9.78 Å². The highest BCUT2D eigenvalue weighted by Crippen LogP contribution is 2.30. The molecule has 0 radical (unpaired) electrons. The van der Waals surface area contributed by atoms with Crippen LogP contribution in [-0.4, -0.2) is 10.8 Å². The summed E-state index contributed by atoms with van der Waals surface area (Å²) in [5, 5.41) is 0.901. The maximum absolute atomic E-state index is 12.1. The van der Waals surface area contributed by atoms with Gasteiger partial charge in [0.25, 0.3) is 0 Å². The van der Waals surface area contributed by atoms with Crippen LogP contribution in [0.25, 0.3) is 0 Å². The highest BCUT2D eigenvalue weighted by atomic mass is 35.5. The Hall–Kier alpha value is -1.09. The van der Waals surface area contributed by atoms with Crippen molar-refractivity contribution in [3.63, 3.8) is 0 Å². The number of rotatable bonds is 2. The summed E-state index contributed by atoms with van der Waals surface area (Å²) in [5.41, 5.74) is 0.826. The number of carbonyl (C=O) groups is 1. The Kier molecular flexibility index (Phi) is 3.67. The van der Waals surface area contributed by atoms with Crippen LogP contribution >= 0.6 is 34.8 Å². The van der Waals surface area contributed by atoms with Gasteiger partial charge < -0.3 is 0 Å². The van der Waals surface area contributed by atoms with E-state index in [1.165, 1.54) is 12.1 Å². The lowest BCUT2D eigenvalue weighted by molar-refractivity contribution is 0.103. The normalized spacial score (nSPS) is 10.3. The van der Waals surface area contributed by atoms with E-state index in [2.05, 4.69) is 4.98 Å². The number of hydrogen-bond donors (Lipinski definition) is 0. The topological polar surface area (TPSA) is 30.0 Å². The Morgan fingerprint density at radius 1 is 0.941 bits per heavy atom. The van der Waals surface area contributed by atoms with Crippen molar-refractivity contribution in [2.75, 3.05) is 0 Å². The second-order valence-corrected chi connectivity index (χ2v) is 4.53. The quantitative estimate of drug-likeness (QED) is 0.609. The molecule has 0 atom stereocenters. The van der Waals surface area contributed by atoms with Gasteiger partial charge in [0.2, 0.25) is 0 Å². The molecule has 0 aliphatic heterocycles. The van der Waals surface area contributed by atoms with Crippen LogP contribution in [0.15, 0.2) is 36.7 Å². The summed E-state index contributed by atoms with van der Waals surface area (Å²) < 4.78 is 0. The van der Waals surface area contributed by atoms with Crippen molar-refractivity contribution >= 4 is 40.6 Å². The Labute approximate surface area is 113 Å². The van der Waals surface area contributed by atoms with Gasteiger partial charge in [-0.25, -0.2) is 0 Å². The molecule has 1 heterocycles. The van der Waals surface area contributed by atoms with E-state index >= 15 is 0 Å². The largest absolute Gasteiger partial charge is 0.289 e. The molecular weight excluding hydrogens is 280 g/mol. The molecular formula is C12H6Cl3NO. The zero-order valence-corrected chi connectivity index (χ0v) is 10.7. The fourth-order valence-corrected chi connectivity index (χ4v) is 1.99. The maximum Gasteiger partial charge on any atom is 0.194 e. The summed E-state index contributed by atoms with van der Waals surface area (Å²) in [6.07, 6.45) is 3.08. The monoisotopic (exact) mass is 285 g/mol. The molecule has 5 heteroatoms. The molecule has 0 spiro atoms. The number of benzene rings is 1. The van der Waals surface area contributed by atoms with Crippen LogP contribution in [0, 0.1) is 0 Å². The molecule has 0 aliphatic rings. The third kappa shape index (κ3) is 2.60. The van der Waals surface area contributed by atoms with E-state index in [0.29, 0.717) is 21.2 Å². The first kappa shape index (κ1) is 12.4. The van der Waals surface area contributed by atoms with Crippen LogP contribution in [0.1, 0.15) is 15.9 Å². The number of carbonyl (C=O) groups excluding carboxylic acids is 1. The molecule has 0 bridgehead atoms. The molecule has 2 rings (SSSR count). The highest BCUT2D eigenvalue weighted by Gasteiger charge is 2.14. The third-order valence-corrected chi connectivity index (χ3v) is 3.23. The zero-order valence-electron chi connectivity index (χ0n) is 8.45. The van der Waals surface area contributed by atoms with Gasteiger partial charge in [-0.2, -0.15) is 0 Å². The Morgan fingerprint density at radius 3 is 2.18 bits per heavy atom. The van der Waals surface area contributed by atoms with Crippen LogP contribution in [-0.2, 0) is 0 Å². The summed E-state index contributed by atoms with van der Waals surface area (Å²) >= 11 is 17.6. The number of halogens is 3. The summed E-state index contributed by atoms with van der Waals surface area (Å²) in [4.78, 5) is 16.0. The average Bonchev–Trinajstić information content (AvgIpc) is 2.34. The number of hydrogen-bond acceptors (Lipinski definition) is 2. The van der Waals surface area contributed by atoms with Crippen molar-refractivity contribution in [3.8, 4) is 0 Å². The molecule has 0 aliphatic carbocycles. The lowest BCUT2D eigenvalue weighted by atomic mass is 10.0. The van der Waals surface area contributed by atoms with Crippen molar-refractivity contribution in [2.45, 2.75) is 0 Å². The smallest absolute Gasteiger partial charge is 0.194 e. The van der Waals surface area contributed by atoms with Crippen molar-refractivity contribution in [1.82, 2.24) is 4.98 Å². The first-order chi connectivity index (χ1) is 8.09. The van der Waals surface area contributed by atoms with E-state index in [9.17, 15) is 4.79 Å². The molecule has 2 nitrogen and oxygen atoms in total. The van der Waals surface area contributed by atoms with Crippen LogP contribution in [0.4, 0.5) is 0 Å². The minimum Gasteiger partial charge on any atom is -0.289 e. The van der Waals surface area contributed by atoms with Gasteiger partial charge in [-0.1, -0.05) is 34.8 Å². The first-order valence-electron chi connectivity index (χ1n) is 4.69. The minimum atomic E-state index is -0.212. The molecule has 0 fully saturated rings. The fourth-order valence-electron chi connectivity index (χ4n) is 1.36. The summed E-state index contributed by atoms with van der Waals surface area (Å²) in [5.74, 6) is -0.212. The van der Waals surface area contributed by atoms with Crippen LogP contribution in [0.5, 0.6) is 0 Å². The van der Waals surface area contributed by atoms with Crippen LogP contribution < -0.4 is 0 Å². The average molecular weight is 287 g/mol. The Bertz CT molecular complexity index is 569. The van der Waals surface area contributed by atoms with Crippen molar-refractivity contribution in [3.05, 3.63) is 62.9 Å². The first-order valence-corrected chi connectivity index (χ1v) is 5.82. The molecule has 1 aromatic carbocycles. The van der Waals surface area contributed by atoms with Gasteiger partial charge in [0.1, 0.15) is 0 Å². The maximum atomic E-state index is 12.1. The van der Waals surface area contributed by atoms with Crippen molar-refractivity contribution < 1.29 is 4.79 Å². The van der Waals surface area contributed by atoms with Gasteiger partial charge in [0.15, 0.2) is 5.78 Å². The van der Waals surface area contributed by atoms with Crippen LogP contribution in [0.2, 0.25) is 15.1 Å². The standard InChI is InChI=1S/C12H6Cl3NO/c13-9-6-11(15)10(14)5-8(9)12(17)7-1-3-16-4-2-7/h1-6H. The molecule has 0 saturated carbocycles. The molecule has 0 saturated heterocycles. The Balaban J connectivity index is 2.48. The lowest BCUT2D eigenvalue weighted by Crippen LogP contribution is -2.02. The van der Waals surface area contributed by atoms with Gasteiger partial charge in [-0.15, -0.1) is 0 Å². The predicted octanol–water partition coefficient (Wildman–Crippen LogP) is 4.27. The molecule has 0 N–H and O–H groups in total. The molecule has 17 heavy (non-hydrogen) atoms. The Morgan fingerprint density at radius 2 is 1.53 bits per heavy atom. The summed E-state index contributed by atoms with van der Waals surface area (Å²) in [7, 11) is 0. The van der Waals surface area contributed by atoms with E-state index in [4.69, 9.17) is 34.8 Å². The molecule has 0 unspecified atom stereocenters. The summed E-state index contributed by atoms with van der Waals surface area (Å²) in [6, 6.07) is 6.15. The number of pyridine rings is 1. The van der Waals surface area contributed by atoms with Gasteiger partial charge in [0.05, 0.1) is 15.1 Å². The van der Waals surface area contributed by atoms with E-state index in [1.807, 2.05) is 0 Å². The zero-order chi connectivity index (χ0) is 12.4.